The number of hydrogen-bond donors (Lipinski definition) is 0. The van der Waals surface area contributed by atoms with Gasteiger partial charge in [-0.3, -0.25) is 0 Å². The van der Waals surface area contributed by atoms with E-state index in [2.05, 4.69) is 39.0 Å². The largest absolute Gasteiger partial charge is 0.497 e. The van der Waals surface area contributed by atoms with E-state index < -0.39 is 7.92 Å². The van der Waals surface area contributed by atoms with Crippen molar-refractivity contribution in [2.24, 2.45) is 0 Å². The smallest absolute Gasteiger partial charge is 0.138 e. The molecule has 0 saturated carbocycles. The summed E-state index contributed by atoms with van der Waals surface area (Å²) in [7, 11) is 9.31. The van der Waals surface area contributed by atoms with Gasteiger partial charge >= 0.3 is 0 Å². The van der Waals surface area contributed by atoms with Crippen molar-refractivity contribution in [1.29, 1.82) is 0 Å². The molecule has 4 aromatic carbocycles. The van der Waals surface area contributed by atoms with Gasteiger partial charge in [0.2, 0.25) is 0 Å². The van der Waals surface area contributed by atoms with Crippen LogP contribution in [0.1, 0.15) is 20.8 Å². The van der Waals surface area contributed by atoms with Crippen molar-refractivity contribution >= 4 is 13.2 Å². The number of methoxy groups -OCH3 is 6. The third-order valence-corrected chi connectivity index (χ3v) is 10.7. The van der Waals surface area contributed by atoms with Gasteiger partial charge < -0.3 is 33.2 Å². The van der Waals surface area contributed by atoms with Gasteiger partial charge in [-0.05, 0) is 60.6 Å². The van der Waals surface area contributed by atoms with E-state index in [0.29, 0.717) is 40.8 Å². The second-order valence-corrected chi connectivity index (χ2v) is 14.0. The lowest BCUT2D eigenvalue weighted by molar-refractivity contribution is 0.393. The highest BCUT2D eigenvalue weighted by Crippen LogP contribution is 2.59. The molecule has 0 radical (unpaired) electrons. The normalized spacial score (nSPS) is 14.0. The zero-order valence-corrected chi connectivity index (χ0v) is 27.2. The average Bonchev–Trinajstić information content (AvgIpc) is 3.48. The SMILES string of the molecule is COc1cc(OC)cc(-c2cc(-c3cc(OC)cc(OC)c3)c(OC)c(-c3cccc4c3[P@@](C(C)(C)C)CO4)c2OC)c1. The minimum Gasteiger partial charge on any atom is -0.497 e. The van der Waals surface area contributed by atoms with E-state index in [0.717, 1.165) is 39.1 Å². The molecule has 43 heavy (non-hydrogen) atoms. The van der Waals surface area contributed by atoms with E-state index in [1.165, 1.54) is 5.30 Å². The Balaban J connectivity index is 1.94. The van der Waals surface area contributed by atoms with Crippen molar-refractivity contribution in [3.05, 3.63) is 60.7 Å². The van der Waals surface area contributed by atoms with Gasteiger partial charge in [0, 0.05) is 34.1 Å². The van der Waals surface area contributed by atoms with Crippen molar-refractivity contribution in [1.82, 2.24) is 0 Å². The first-order chi connectivity index (χ1) is 20.7. The molecule has 0 saturated heterocycles. The molecular formula is C35H39O7P. The third kappa shape index (κ3) is 5.66. The van der Waals surface area contributed by atoms with Crippen LogP contribution >= 0.6 is 7.92 Å². The van der Waals surface area contributed by atoms with Crippen LogP contribution in [0.5, 0.6) is 40.2 Å². The Kier molecular flexibility index (Phi) is 8.66. The van der Waals surface area contributed by atoms with Crippen molar-refractivity contribution in [3.8, 4) is 73.6 Å². The van der Waals surface area contributed by atoms with E-state index in [-0.39, 0.29) is 5.16 Å². The Morgan fingerprint density at radius 3 is 1.44 bits per heavy atom. The van der Waals surface area contributed by atoms with Gasteiger partial charge in [-0.25, -0.2) is 0 Å². The summed E-state index contributed by atoms with van der Waals surface area (Å²) in [5.74, 6) is 4.94. The topological polar surface area (TPSA) is 64.6 Å². The van der Waals surface area contributed by atoms with E-state index in [4.69, 9.17) is 33.2 Å². The van der Waals surface area contributed by atoms with Gasteiger partial charge in [-0.2, -0.15) is 0 Å². The molecule has 0 aromatic heterocycles. The molecular weight excluding hydrogens is 563 g/mol. The maximum Gasteiger partial charge on any atom is 0.138 e. The van der Waals surface area contributed by atoms with Crippen LogP contribution in [0.2, 0.25) is 0 Å². The number of hydrogen-bond acceptors (Lipinski definition) is 7. The van der Waals surface area contributed by atoms with E-state index in [1.54, 1.807) is 42.7 Å². The number of benzene rings is 4. The van der Waals surface area contributed by atoms with Gasteiger partial charge in [-0.15, -0.1) is 0 Å². The van der Waals surface area contributed by atoms with Crippen LogP contribution in [0, 0.1) is 0 Å². The Morgan fingerprint density at radius 1 is 0.581 bits per heavy atom. The molecule has 0 unspecified atom stereocenters. The number of fused-ring (bicyclic) bond motifs is 1. The first-order valence-corrected chi connectivity index (χ1v) is 15.5. The summed E-state index contributed by atoms with van der Waals surface area (Å²) in [4.78, 5) is 0. The molecule has 0 fully saturated rings. The molecule has 1 aliphatic rings. The summed E-state index contributed by atoms with van der Waals surface area (Å²) in [5.41, 5.74) is 5.32. The maximum atomic E-state index is 6.29. The Bertz CT molecular complexity index is 1510. The van der Waals surface area contributed by atoms with Crippen LogP contribution < -0.4 is 38.5 Å². The zero-order valence-electron chi connectivity index (χ0n) is 26.3. The van der Waals surface area contributed by atoms with Crippen LogP contribution in [0.3, 0.4) is 0 Å². The highest BCUT2D eigenvalue weighted by atomic mass is 31.1. The molecule has 4 aromatic rings. The molecule has 0 spiro atoms. The molecule has 7 nitrogen and oxygen atoms in total. The molecule has 0 bridgehead atoms. The summed E-state index contributed by atoms with van der Waals surface area (Å²) >= 11 is 0. The Labute approximate surface area is 255 Å². The second kappa shape index (κ2) is 12.3. The Hall–Kier alpha value is -4.09. The van der Waals surface area contributed by atoms with Gasteiger partial charge in [0.25, 0.3) is 0 Å². The second-order valence-electron chi connectivity index (χ2n) is 11.1. The van der Waals surface area contributed by atoms with Crippen molar-refractivity contribution < 1.29 is 33.2 Å². The quantitative estimate of drug-likeness (QED) is 0.180. The monoisotopic (exact) mass is 602 g/mol. The van der Waals surface area contributed by atoms with E-state index >= 15 is 0 Å². The number of rotatable bonds is 9. The third-order valence-electron chi connectivity index (χ3n) is 7.66. The lowest BCUT2D eigenvalue weighted by atomic mass is 9.90. The minimum atomic E-state index is -0.654. The zero-order chi connectivity index (χ0) is 30.9. The molecule has 1 aliphatic heterocycles. The van der Waals surface area contributed by atoms with Gasteiger partial charge in [-0.1, -0.05) is 32.9 Å². The fraction of sp³-hybridized carbons (Fsp3) is 0.314. The molecule has 1 heterocycles. The molecule has 0 amide bonds. The van der Waals surface area contributed by atoms with E-state index in [9.17, 15) is 0 Å². The lowest BCUT2D eigenvalue weighted by Gasteiger charge is -2.29. The highest BCUT2D eigenvalue weighted by Gasteiger charge is 2.37. The summed E-state index contributed by atoms with van der Waals surface area (Å²) < 4.78 is 41.5. The molecule has 226 valence electrons. The molecule has 0 aliphatic carbocycles. The lowest BCUT2D eigenvalue weighted by Crippen LogP contribution is -2.19. The summed E-state index contributed by atoms with van der Waals surface area (Å²) in [6.45, 7) is 6.82. The number of ether oxygens (including phenoxy) is 7. The summed E-state index contributed by atoms with van der Waals surface area (Å²) in [6, 6.07) is 19.9. The van der Waals surface area contributed by atoms with Gasteiger partial charge in [0.15, 0.2) is 0 Å². The Morgan fingerprint density at radius 2 is 1.05 bits per heavy atom. The van der Waals surface area contributed by atoms with Crippen LogP contribution in [0.15, 0.2) is 60.7 Å². The highest BCUT2D eigenvalue weighted by molar-refractivity contribution is 7.67. The van der Waals surface area contributed by atoms with Crippen LogP contribution in [0.25, 0.3) is 33.4 Å². The van der Waals surface area contributed by atoms with Crippen molar-refractivity contribution in [3.63, 3.8) is 0 Å². The fourth-order valence-corrected chi connectivity index (χ4v) is 7.86. The first-order valence-electron chi connectivity index (χ1n) is 14.0. The molecule has 5 rings (SSSR count). The van der Waals surface area contributed by atoms with Crippen LogP contribution in [-0.4, -0.2) is 54.2 Å². The molecule has 8 heteroatoms. The predicted octanol–water partition coefficient (Wildman–Crippen LogP) is 7.99. The van der Waals surface area contributed by atoms with Gasteiger partial charge in [0.05, 0.1) is 48.2 Å². The first kappa shape index (κ1) is 30.4. The van der Waals surface area contributed by atoms with Crippen molar-refractivity contribution in [2.45, 2.75) is 25.9 Å². The van der Waals surface area contributed by atoms with Crippen LogP contribution in [0.4, 0.5) is 0 Å². The average molecular weight is 603 g/mol. The molecule has 0 N–H and O–H groups in total. The van der Waals surface area contributed by atoms with E-state index in [1.807, 2.05) is 42.5 Å². The van der Waals surface area contributed by atoms with Crippen molar-refractivity contribution in [2.75, 3.05) is 49.0 Å². The van der Waals surface area contributed by atoms with Crippen LogP contribution in [-0.2, 0) is 0 Å². The minimum absolute atomic E-state index is 0.0257. The predicted molar refractivity (Wildman–Crippen MR) is 174 cm³/mol. The fourth-order valence-electron chi connectivity index (χ4n) is 5.52. The molecule has 1 atom stereocenters. The summed E-state index contributed by atoms with van der Waals surface area (Å²) in [6.07, 6.45) is 0.669. The maximum absolute atomic E-state index is 6.29. The van der Waals surface area contributed by atoms with Gasteiger partial charge in [0.1, 0.15) is 46.6 Å². The summed E-state index contributed by atoms with van der Waals surface area (Å²) in [5, 5.41) is 1.23. The standard InChI is InChI=1S/C35H39O7P/c1-35(2,3)43-20-42-30-12-10-11-27(34(30)43)31-32(40-8)28(21-13-23(36-4)17-24(14-21)37-5)19-29(33(31)41-9)22-15-25(38-6)18-26(16-22)39-7/h10-19H,20H2,1-9H3/t43-/m0/s1.